The molecule has 2 aromatic carbocycles. The minimum absolute atomic E-state index is 0.0353. The number of nitrogens with zero attached hydrogens (tertiary/aromatic N) is 3. The maximum Gasteiger partial charge on any atom is 0.325 e. The molecule has 1 unspecified atom stereocenters. The van der Waals surface area contributed by atoms with Crippen molar-refractivity contribution >= 4 is 29.4 Å². The van der Waals surface area contributed by atoms with Crippen LogP contribution >= 0.6 is 11.8 Å². The maximum atomic E-state index is 12.0. The first-order valence-corrected chi connectivity index (χ1v) is 9.35. The Labute approximate surface area is 161 Å². The van der Waals surface area contributed by atoms with Crippen molar-refractivity contribution < 1.29 is 9.59 Å². The van der Waals surface area contributed by atoms with E-state index in [2.05, 4.69) is 20.8 Å². The van der Waals surface area contributed by atoms with Gasteiger partial charge in [-0.25, -0.2) is 4.79 Å². The van der Waals surface area contributed by atoms with Crippen molar-refractivity contribution in [3.8, 4) is 0 Å². The van der Waals surface area contributed by atoms with Gasteiger partial charge in [0.25, 0.3) is 0 Å². The molecule has 0 aliphatic carbocycles. The van der Waals surface area contributed by atoms with Crippen LogP contribution in [0.25, 0.3) is 0 Å². The SMILES string of the molecule is CC(c1ccccc1)n1cnnc1SCC(=O)NC(=O)Nc1ccccc1. The zero-order chi connectivity index (χ0) is 19.1. The maximum absolute atomic E-state index is 12.0. The highest BCUT2D eigenvalue weighted by atomic mass is 32.2. The van der Waals surface area contributed by atoms with Crippen LogP contribution in [-0.4, -0.2) is 32.5 Å². The molecule has 1 atom stereocenters. The van der Waals surface area contributed by atoms with E-state index in [-0.39, 0.29) is 11.8 Å². The second-order valence-electron chi connectivity index (χ2n) is 5.76. The molecule has 0 aliphatic heterocycles. The molecule has 0 fully saturated rings. The summed E-state index contributed by atoms with van der Waals surface area (Å²) in [6.45, 7) is 2.04. The number of nitrogens with one attached hydrogen (secondary N) is 2. The molecule has 0 radical (unpaired) electrons. The molecular weight excluding hydrogens is 362 g/mol. The van der Waals surface area contributed by atoms with Gasteiger partial charge in [0.15, 0.2) is 5.16 Å². The molecule has 7 nitrogen and oxygen atoms in total. The molecule has 0 saturated heterocycles. The largest absolute Gasteiger partial charge is 0.325 e. The van der Waals surface area contributed by atoms with Crippen molar-refractivity contribution in [2.45, 2.75) is 18.1 Å². The molecule has 138 valence electrons. The Bertz CT molecular complexity index is 899. The van der Waals surface area contributed by atoms with Crippen LogP contribution < -0.4 is 10.6 Å². The number of thioether (sulfide) groups is 1. The van der Waals surface area contributed by atoms with Crippen LogP contribution in [0.4, 0.5) is 10.5 Å². The van der Waals surface area contributed by atoms with Crippen LogP contribution in [-0.2, 0) is 4.79 Å². The van der Waals surface area contributed by atoms with Crippen LogP contribution in [0.3, 0.4) is 0 Å². The minimum Gasteiger partial charge on any atom is -0.308 e. The quantitative estimate of drug-likeness (QED) is 0.640. The first-order chi connectivity index (χ1) is 13.1. The molecule has 3 aromatic rings. The van der Waals surface area contributed by atoms with Gasteiger partial charge in [0, 0.05) is 5.69 Å². The second-order valence-corrected chi connectivity index (χ2v) is 6.71. The van der Waals surface area contributed by atoms with Gasteiger partial charge in [-0.1, -0.05) is 60.3 Å². The molecule has 3 amide bonds. The second kappa shape index (κ2) is 9.00. The Morgan fingerprint density at radius 3 is 2.44 bits per heavy atom. The molecule has 2 N–H and O–H groups in total. The van der Waals surface area contributed by atoms with E-state index in [1.165, 1.54) is 11.8 Å². The summed E-state index contributed by atoms with van der Waals surface area (Å²) in [5.41, 5.74) is 1.73. The summed E-state index contributed by atoms with van der Waals surface area (Å²) in [7, 11) is 0. The van der Waals surface area contributed by atoms with Crippen molar-refractivity contribution in [1.82, 2.24) is 20.1 Å². The highest BCUT2D eigenvalue weighted by Crippen LogP contribution is 2.23. The van der Waals surface area contributed by atoms with E-state index in [1.54, 1.807) is 30.6 Å². The molecule has 0 spiro atoms. The van der Waals surface area contributed by atoms with Gasteiger partial charge >= 0.3 is 6.03 Å². The fourth-order valence-electron chi connectivity index (χ4n) is 2.47. The average Bonchev–Trinajstić information content (AvgIpc) is 3.16. The molecule has 3 rings (SSSR count). The lowest BCUT2D eigenvalue weighted by molar-refractivity contribution is -0.117. The van der Waals surface area contributed by atoms with Crippen molar-refractivity contribution in [3.63, 3.8) is 0 Å². The number of hydrogen-bond acceptors (Lipinski definition) is 5. The van der Waals surface area contributed by atoms with Gasteiger partial charge in [-0.3, -0.25) is 10.1 Å². The summed E-state index contributed by atoms with van der Waals surface area (Å²) in [6, 6.07) is 18.4. The number of carbonyl (C=O) groups is 2. The number of aromatic nitrogens is 3. The molecular formula is C19H19N5O2S. The number of hydrogen-bond donors (Lipinski definition) is 2. The summed E-state index contributed by atoms with van der Waals surface area (Å²) < 4.78 is 1.90. The zero-order valence-corrected chi connectivity index (χ0v) is 15.5. The predicted octanol–water partition coefficient (Wildman–Crippen LogP) is 3.33. The Balaban J connectivity index is 1.54. The molecule has 8 heteroatoms. The highest BCUT2D eigenvalue weighted by Gasteiger charge is 2.15. The van der Waals surface area contributed by atoms with Crippen molar-refractivity contribution in [2.75, 3.05) is 11.1 Å². The normalized spacial score (nSPS) is 11.6. The fraction of sp³-hybridized carbons (Fsp3) is 0.158. The Kier molecular flexibility index (Phi) is 6.22. The Hall–Kier alpha value is -3.13. The third kappa shape index (κ3) is 5.18. The third-order valence-corrected chi connectivity index (χ3v) is 4.81. The first-order valence-electron chi connectivity index (χ1n) is 8.36. The number of para-hydroxylation sites is 1. The number of benzene rings is 2. The van der Waals surface area contributed by atoms with Crippen LogP contribution in [0.5, 0.6) is 0 Å². The molecule has 27 heavy (non-hydrogen) atoms. The number of imide groups is 1. The topological polar surface area (TPSA) is 88.9 Å². The van der Waals surface area contributed by atoms with Crippen LogP contribution in [0, 0.1) is 0 Å². The van der Waals surface area contributed by atoms with E-state index in [1.807, 2.05) is 47.9 Å². The monoisotopic (exact) mass is 381 g/mol. The van der Waals surface area contributed by atoms with Crippen molar-refractivity contribution in [2.24, 2.45) is 0 Å². The van der Waals surface area contributed by atoms with Gasteiger partial charge in [0.05, 0.1) is 11.8 Å². The van der Waals surface area contributed by atoms with Gasteiger partial charge < -0.3 is 9.88 Å². The number of carbonyl (C=O) groups excluding carboxylic acids is 2. The lowest BCUT2D eigenvalue weighted by Gasteiger charge is -2.15. The number of amides is 3. The van der Waals surface area contributed by atoms with Gasteiger partial charge in [-0.05, 0) is 24.6 Å². The van der Waals surface area contributed by atoms with E-state index in [0.29, 0.717) is 10.8 Å². The van der Waals surface area contributed by atoms with E-state index in [9.17, 15) is 9.59 Å². The molecule has 0 bridgehead atoms. The van der Waals surface area contributed by atoms with E-state index in [4.69, 9.17) is 0 Å². The molecule has 0 aliphatic rings. The van der Waals surface area contributed by atoms with E-state index >= 15 is 0 Å². The summed E-state index contributed by atoms with van der Waals surface area (Å²) in [5, 5.41) is 13.5. The first kappa shape index (κ1) is 18.7. The summed E-state index contributed by atoms with van der Waals surface area (Å²) in [5.74, 6) is -0.349. The van der Waals surface area contributed by atoms with E-state index in [0.717, 1.165) is 5.56 Å². The number of rotatable bonds is 6. The average molecular weight is 381 g/mol. The van der Waals surface area contributed by atoms with Gasteiger partial charge in [-0.15, -0.1) is 10.2 Å². The third-order valence-electron chi connectivity index (χ3n) is 3.86. The fourth-order valence-corrected chi connectivity index (χ4v) is 3.26. The number of urea groups is 1. The molecule has 1 aromatic heterocycles. The Morgan fingerprint density at radius 1 is 1.07 bits per heavy atom. The number of anilines is 1. The van der Waals surface area contributed by atoms with Crippen LogP contribution in [0.1, 0.15) is 18.5 Å². The molecule has 1 heterocycles. The highest BCUT2D eigenvalue weighted by molar-refractivity contribution is 7.99. The standard InChI is InChI=1S/C19H19N5O2S/c1-14(15-8-4-2-5-9-15)24-13-20-23-19(24)27-12-17(25)22-18(26)21-16-10-6-3-7-11-16/h2-11,13-14H,12H2,1H3,(H2,21,22,25,26). The Morgan fingerprint density at radius 2 is 1.74 bits per heavy atom. The zero-order valence-electron chi connectivity index (χ0n) is 14.7. The summed E-state index contributed by atoms with van der Waals surface area (Å²) >= 11 is 1.23. The van der Waals surface area contributed by atoms with Crippen LogP contribution in [0.15, 0.2) is 72.1 Å². The summed E-state index contributed by atoms with van der Waals surface area (Å²) in [4.78, 5) is 23.9. The van der Waals surface area contributed by atoms with Crippen LogP contribution in [0.2, 0.25) is 0 Å². The smallest absolute Gasteiger partial charge is 0.308 e. The lowest BCUT2D eigenvalue weighted by Crippen LogP contribution is -2.35. The molecule has 0 saturated carbocycles. The van der Waals surface area contributed by atoms with E-state index < -0.39 is 11.9 Å². The van der Waals surface area contributed by atoms with Gasteiger partial charge in [-0.2, -0.15) is 0 Å². The van der Waals surface area contributed by atoms with Gasteiger partial charge in [0.2, 0.25) is 5.91 Å². The minimum atomic E-state index is -0.564. The van der Waals surface area contributed by atoms with Crippen molar-refractivity contribution in [1.29, 1.82) is 0 Å². The van der Waals surface area contributed by atoms with Gasteiger partial charge in [0.1, 0.15) is 6.33 Å². The lowest BCUT2D eigenvalue weighted by atomic mass is 10.1. The van der Waals surface area contributed by atoms with Crippen molar-refractivity contribution in [3.05, 3.63) is 72.6 Å². The summed E-state index contributed by atoms with van der Waals surface area (Å²) in [6.07, 6.45) is 1.64. The predicted molar refractivity (Wildman–Crippen MR) is 105 cm³/mol.